The first-order chi connectivity index (χ1) is 8.87. The Hall–Kier alpha value is -0.220. The molecule has 0 atom stereocenters. The lowest BCUT2D eigenvalue weighted by molar-refractivity contribution is 0.00852. The van der Waals surface area contributed by atoms with Crippen LogP contribution in [0, 0.1) is 10.8 Å². The van der Waals surface area contributed by atoms with Gasteiger partial charge in [-0.15, -0.1) is 0 Å². The number of piperidine rings is 1. The van der Waals surface area contributed by atoms with Crippen molar-refractivity contribution in [2.45, 2.75) is 58.0 Å². The second-order valence-corrected chi connectivity index (χ2v) is 7.30. The van der Waals surface area contributed by atoms with Crippen molar-refractivity contribution in [1.29, 1.82) is 0 Å². The molecule has 0 aromatic heterocycles. The summed E-state index contributed by atoms with van der Waals surface area (Å²) in [7, 11) is 0. The van der Waals surface area contributed by atoms with Crippen molar-refractivity contribution in [3.8, 4) is 0 Å². The Balaban J connectivity index is 1.45. The molecule has 0 bridgehead atoms. The molecule has 4 heteroatoms. The highest BCUT2D eigenvalue weighted by molar-refractivity contribution is 5.12. The zero-order valence-corrected chi connectivity index (χ0v) is 12.1. The lowest BCUT2D eigenvalue weighted by Gasteiger charge is -2.34. The van der Waals surface area contributed by atoms with Gasteiger partial charge >= 0.3 is 0 Å². The molecule has 1 saturated heterocycles. The highest BCUT2D eigenvalue weighted by Crippen LogP contribution is 2.66. The van der Waals surface area contributed by atoms with Gasteiger partial charge in [0.1, 0.15) is 0 Å². The summed E-state index contributed by atoms with van der Waals surface area (Å²) in [5.41, 5.74) is -0.282. The summed E-state index contributed by atoms with van der Waals surface area (Å²) >= 11 is 0. The predicted molar refractivity (Wildman–Crippen MR) is 70.4 cm³/mol. The summed E-state index contributed by atoms with van der Waals surface area (Å²) in [6.45, 7) is 7.70. The van der Waals surface area contributed by atoms with Gasteiger partial charge in [0.25, 0.3) is 5.92 Å². The van der Waals surface area contributed by atoms with Crippen molar-refractivity contribution >= 4 is 0 Å². The van der Waals surface area contributed by atoms with E-state index in [0.29, 0.717) is 18.3 Å². The second-order valence-electron chi connectivity index (χ2n) is 7.30. The van der Waals surface area contributed by atoms with Crippen LogP contribution in [0.1, 0.15) is 46.0 Å². The largest absolute Gasteiger partial charge is 0.378 e. The van der Waals surface area contributed by atoms with Crippen molar-refractivity contribution in [2.75, 3.05) is 26.2 Å². The number of ether oxygens (including phenoxy) is 1. The third kappa shape index (κ3) is 2.66. The Kier molecular flexibility index (Phi) is 3.17. The highest BCUT2D eigenvalue weighted by atomic mass is 19.3. The predicted octanol–water partition coefficient (Wildman–Crippen LogP) is 3.31. The smallest absolute Gasteiger partial charge is 0.254 e. The minimum atomic E-state index is -2.36. The molecule has 0 radical (unpaired) electrons. The molecular weight excluding hydrogens is 248 g/mol. The zero-order valence-electron chi connectivity index (χ0n) is 12.1. The van der Waals surface area contributed by atoms with Crippen LogP contribution in [0.4, 0.5) is 8.78 Å². The fourth-order valence-electron chi connectivity index (χ4n) is 3.41. The molecule has 2 aliphatic carbocycles. The number of hydrogen-bond donors (Lipinski definition) is 0. The van der Waals surface area contributed by atoms with Gasteiger partial charge in [-0.1, -0.05) is 0 Å². The maximum atomic E-state index is 13.3. The van der Waals surface area contributed by atoms with Gasteiger partial charge in [0.05, 0.1) is 12.7 Å². The normalized spacial score (nSPS) is 30.8. The Morgan fingerprint density at radius 2 is 1.68 bits per heavy atom. The van der Waals surface area contributed by atoms with Crippen molar-refractivity contribution < 1.29 is 13.5 Å². The third-order valence-electron chi connectivity index (χ3n) is 5.26. The zero-order chi connectivity index (χ0) is 13.7. The average Bonchev–Trinajstić information content (AvgIpc) is 3.19. The number of halogens is 2. The van der Waals surface area contributed by atoms with Crippen LogP contribution < -0.4 is 0 Å². The van der Waals surface area contributed by atoms with E-state index in [1.165, 1.54) is 12.8 Å². The number of likely N-dealkylation sites (tertiary alicyclic amines) is 1. The van der Waals surface area contributed by atoms with Crippen molar-refractivity contribution in [1.82, 2.24) is 4.90 Å². The van der Waals surface area contributed by atoms with Gasteiger partial charge in [-0.2, -0.15) is 0 Å². The Morgan fingerprint density at radius 3 is 2.11 bits per heavy atom. The first kappa shape index (κ1) is 13.7. The molecule has 0 unspecified atom stereocenters. The molecule has 1 spiro atoms. The molecule has 110 valence electrons. The molecule has 0 aromatic rings. The van der Waals surface area contributed by atoms with Crippen LogP contribution in [-0.2, 0) is 4.74 Å². The highest BCUT2D eigenvalue weighted by Gasteiger charge is 2.70. The van der Waals surface area contributed by atoms with Crippen LogP contribution >= 0.6 is 0 Å². The fourth-order valence-corrected chi connectivity index (χ4v) is 3.41. The van der Waals surface area contributed by atoms with E-state index < -0.39 is 11.3 Å². The van der Waals surface area contributed by atoms with E-state index >= 15 is 0 Å². The molecule has 2 nitrogen and oxygen atoms in total. The number of rotatable bonds is 5. The molecule has 0 aromatic carbocycles. The third-order valence-corrected chi connectivity index (χ3v) is 5.26. The molecule has 3 fully saturated rings. The summed E-state index contributed by atoms with van der Waals surface area (Å²) in [5.74, 6) is -2.36. The molecule has 3 rings (SSSR count). The molecular formula is C15H25F2NO. The van der Waals surface area contributed by atoms with E-state index in [0.717, 1.165) is 26.2 Å². The second kappa shape index (κ2) is 4.39. The van der Waals surface area contributed by atoms with E-state index in [9.17, 15) is 8.78 Å². The summed E-state index contributed by atoms with van der Waals surface area (Å²) in [6.07, 6.45) is 4.25. The lowest BCUT2D eigenvalue weighted by Crippen LogP contribution is -2.41. The van der Waals surface area contributed by atoms with E-state index in [4.69, 9.17) is 4.74 Å². The SMILES string of the molecule is CC(C)OCC1(CN2CCC3(CC2)CC3(F)F)CC1. The van der Waals surface area contributed by atoms with Gasteiger partial charge in [-0.05, 0) is 52.6 Å². The summed E-state index contributed by atoms with van der Waals surface area (Å²) in [6, 6.07) is 0. The summed E-state index contributed by atoms with van der Waals surface area (Å²) in [5, 5.41) is 0. The van der Waals surface area contributed by atoms with Crippen LogP contribution in [0.15, 0.2) is 0 Å². The van der Waals surface area contributed by atoms with Crippen molar-refractivity contribution in [2.24, 2.45) is 10.8 Å². The lowest BCUT2D eigenvalue weighted by atomic mass is 9.92. The van der Waals surface area contributed by atoms with Gasteiger partial charge < -0.3 is 9.64 Å². The van der Waals surface area contributed by atoms with Gasteiger partial charge in [0.15, 0.2) is 0 Å². The number of hydrogen-bond acceptors (Lipinski definition) is 2. The van der Waals surface area contributed by atoms with Crippen LogP contribution in [0.25, 0.3) is 0 Å². The first-order valence-electron chi connectivity index (χ1n) is 7.58. The average molecular weight is 273 g/mol. The standard InChI is InChI=1S/C15H25F2NO/c1-12(2)19-11-13(3-4-13)10-18-7-5-14(6-8-18)9-15(14,16)17/h12H,3-11H2,1-2H3. The maximum Gasteiger partial charge on any atom is 0.254 e. The quantitative estimate of drug-likeness (QED) is 0.762. The molecule has 1 aliphatic heterocycles. The molecule has 2 saturated carbocycles. The van der Waals surface area contributed by atoms with Gasteiger partial charge in [0, 0.05) is 23.8 Å². The number of alkyl halides is 2. The van der Waals surface area contributed by atoms with Gasteiger partial charge in [-0.25, -0.2) is 8.78 Å². The van der Waals surface area contributed by atoms with E-state index in [1.54, 1.807) is 0 Å². The number of nitrogens with zero attached hydrogens (tertiary/aromatic N) is 1. The molecule has 0 amide bonds. The Morgan fingerprint density at radius 1 is 1.11 bits per heavy atom. The van der Waals surface area contributed by atoms with Crippen molar-refractivity contribution in [3.05, 3.63) is 0 Å². The molecule has 19 heavy (non-hydrogen) atoms. The Labute approximate surface area is 114 Å². The van der Waals surface area contributed by atoms with Crippen molar-refractivity contribution in [3.63, 3.8) is 0 Å². The minimum Gasteiger partial charge on any atom is -0.378 e. The van der Waals surface area contributed by atoms with E-state index in [1.807, 2.05) is 0 Å². The molecule has 1 heterocycles. The van der Waals surface area contributed by atoms with Crippen LogP contribution in [0.2, 0.25) is 0 Å². The van der Waals surface area contributed by atoms with Crippen LogP contribution in [0.5, 0.6) is 0 Å². The maximum absolute atomic E-state index is 13.3. The van der Waals surface area contributed by atoms with Crippen LogP contribution in [-0.4, -0.2) is 43.2 Å². The fraction of sp³-hybridized carbons (Fsp3) is 1.00. The molecule has 3 aliphatic rings. The van der Waals surface area contributed by atoms with E-state index in [-0.39, 0.29) is 12.5 Å². The van der Waals surface area contributed by atoms with E-state index in [2.05, 4.69) is 18.7 Å². The topological polar surface area (TPSA) is 12.5 Å². The summed E-state index contributed by atoms with van der Waals surface area (Å²) < 4.78 is 32.4. The monoisotopic (exact) mass is 273 g/mol. The van der Waals surface area contributed by atoms with Crippen LogP contribution in [0.3, 0.4) is 0 Å². The summed E-state index contributed by atoms with van der Waals surface area (Å²) in [4.78, 5) is 2.39. The minimum absolute atomic E-state index is 0.134. The van der Waals surface area contributed by atoms with Gasteiger partial charge in [0.2, 0.25) is 0 Å². The molecule has 0 N–H and O–H groups in total. The Bertz CT molecular complexity index is 344. The first-order valence-corrected chi connectivity index (χ1v) is 7.58. The van der Waals surface area contributed by atoms with Gasteiger partial charge in [-0.3, -0.25) is 0 Å².